The van der Waals surface area contributed by atoms with Crippen LogP contribution >= 0.6 is 0 Å². The number of hydrogen-bond acceptors (Lipinski definition) is 7. The van der Waals surface area contributed by atoms with Gasteiger partial charge in [-0.3, -0.25) is 9.69 Å². The Morgan fingerprint density at radius 2 is 1.76 bits per heavy atom. The lowest BCUT2D eigenvalue weighted by Gasteiger charge is -2.39. The highest BCUT2D eigenvalue weighted by Crippen LogP contribution is 2.32. The summed E-state index contributed by atoms with van der Waals surface area (Å²) < 4.78 is 45.3. The smallest absolute Gasteiger partial charge is 0.435 e. The lowest BCUT2D eigenvalue weighted by molar-refractivity contribution is -0.142. The van der Waals surface area contributed by atoms with Crippen molar-refractivity contribution in [1.29, 1.82) is 0 Å². The zero-order chi connectivity index (χ0) is 23.6. The van der Waals surface area contributed by atoms with E-state index in [9.17, 15) is 18.0 Å². The number of carbonyl (C=O) groups excluding carboxylic acids is 1. The second-order valence-electron chi connectivity index (χ2n) is 7.66. The van der Waals surface area contributed by atoms with Gasteiger partial charge < -0.3 is 9.64 Å². The number of methoxy groups -OCH3 is 1. The van der Waals surface area contributed by atoms with Gasteiger partial charge in [-0.15, -0.1) is 0 Å². The Morgan fingerprint density at radius 1 is 1.09 bits per heavy atom. The normalized spacial score (nSPS) is 16.0. The molecule has 3 aromatic rings. The Hall–Kier alpha value is -3.47. The molecule has 0 saturated carbocycles. The predicted octanol–water partition coefficient (Wildman–Crippen LogP) is 3.20. The van der Waals surface area contributed by atoms with E-state index in [1.54, 1.807) is 12.4 Å². The summed E-state index contributed by atoms with van der Waals surface area (Å²) in [6.45, 7) is 3.66. The van der Waals surface area contributed by atoms with Gasteiger partial charge in [0.2, 0.25) is 0 Å². The minimum atomic E-state index is -4.56. The van der Waals surface area contributed by atoms with Crippen molar-refractivity contribution >= 4 is 12.0 Å². The summed E-state index contributed by atoms with van der Waals surface area (Å²) in [6, 6.07) is 9.09. The number of benzene rings is 1. The van der Waals surface area contributed by atoms with Crippen molar-refractivity contribution in [3.05, 3.63) is 54.1 Å². The third-order valence-electron chi connectivity index (χ3n) is 5.64. The van der Waals surface area contributed by atoms with Gasteiger partial charge in [-0.2, -0.15) is 18.3 Å². The molecule has 4 rings (SSSR count). The van der Waals surface area contributed by atoms with Crippen LogP contribution in [0.5, 0.6) is 6.01 Å². The van der Waals surface area contributed by atoms with Crippen LogP contribution in [0.15, 0.2) is 42.7 Å². The summed E-state index contributed by atoms with van der Waals surface area (Å²) in [5, 5.41) is 3.65. The fourth-order valence-corrected chi connectivity index (χ4v) is 3.97. The number of anilines is 1. The molecule has 2 aromatic heterocycles. The zero-order valence-corrected chi connectivity index (χ0v) is 18.2. The Balaban J connectivity index is 1.51. The van der Waals surface area contributed by atoms with Gasteiger partial charge in [0.05, 0.1) is 7.11 Å². The number of halogens is 3. The van der Waals surface area contributed by atoms with Crippen molar-refractivity contribution in [2.75, 3.05) is 38.2 Å². The first-order valence-electron chi connectivity index (χ1n) is 10.3. The van der Waals surface area contributed by atoms with Crippen molar-refractivity contribution in [1.82, 2.24) is 24.6 Å². The molecule has 8 nitrogen and oxygen atoms in total. The first kappa shape index (κ1) is 22.7. The van der Waals surface area contributed by atoms with E-state index in [4.69, 9.17) is 4.74 Å². The van der Waals surface area contributed by atoms with Gasteiger partial charge in [-0.25, -0.2) is 14.6 Å². The van der Waals surface area contributed by atoms with E-state index in [0.29, 0.717) is 32.5 Å². The molecular formula is C22H23F3N6O2. The molecule has 1 fully saturated rings. The lowest BCUT2D eigenvalue weighted by atomic mass is 10.1. The molecule has 1 saturated heterocycles. The number of carbonyl (C=O) groups is 1. The van der Waals surface area contributed by atoms with Gasteiger partial charge in [-0.1, -0.05) is 18.2 Å². The Kier molecular flexibility index (Phi) is 6.32. The molecule has 0 radical (unpaired) electrons. The van der Waals surface area contributed by atoms with E-state index in [1.165, 1.54) is 14.0 Å². The maximum Gasteiger partial charge on any atom is 0.435 e. The molecule has 1 aromatic carbocycles. The summed E-state index contributed by atoms with van der Waals surface area (Å²) in [6.07, 6.45) is -1.42. The quantitative estimate of drug-likeness (QED) is 0.523. The average Bonchev–Trinajstić information content (AvgIpc) is 3.22. The Morgan fingerprint density at radius 3 is 2.33 bits per heavy atom. The molecule has 1 unspecified atom stereocenters. The summed E-state index contributed by atoms with van der Waals surface area (Å²) in [5.41, 5.74) is 2.07. The SMILES string of the molecule is COc1ncc(-c2ccccc2N2CCN(C(C=O)n3nc(C(F)(F)F)cc3C)CC2)cn1. The molecule has 0 amide bonds. The van der Waals surface area contributed by atoms with Crippen LogP contribution in [0.3, 0.4) is 0 Å². The third-order valence-corrected chi connectivity index (χ3v) is 5.64. The fraction of sp³-hybridized carbons (Fsp3) is 0.364. The lowest BCUT2D eigenvalue weighted by Crippen LogP contribution is -2.49. The van der Waals surface area contributed by atoms with E-state index in [2.05, 4.69) is 20.0 Å². The first-order chi connectivity index (χ1) is 15.8. The van der Waals surface area contributed by atoms with Gasteiger partial charge in [-0.05, 0) is 19.1 Å². The van der Waals surface area contributed by atoms with Crippen LogP contribution < -0.4 is 9.64 Å². The van der Waals surface area contributed by atoms with E-state index < -0.39 is 18.0 Å². The molecule has 174 valence electrons. The molecule has 11 heteroatoms. The number of aryl methyl sites for hydroxylation is 1. The Bertz CT molecular complexity index is 1110. The highest BCUT2D eigenvalue weighted by molar-refractivity contribution is 5.78. The largest absolute Gasteiger partial charge is 0.467 e. The molecule has 33 heavy (non-hydrogen) atoms. The van der Waals surface area contributed by atoms with Crippen LogP contribution in [0.4, 0.5) is 18.9 Å². The number of nitrogens with zero attached hydrogens (tertiary/aromatic N) is 6. The zero-order valence-electron chi connectivity index (χ0n) is 18.2. The number of alkyl halides is 3. The van der Waals surface area contributed by atoms with Gasteiger partial charge in [0, 0.05) is 61.1 Å². The molecule has 0 N–H and O–H groups in total. The van der Waals surface area contributed by atoms with E-state index >= 15 is 0 Å². The Labute approximate surface area is 188 Å². The van der Waals surface area contributed by atoms with Crippen molar-refractivity contribution in [2.45, 2.75) is 19.3 Å². The number of aldehydes is 1. The molecule has 1 aliphatic heterocycles. The number of ether oxygens (including phenoxy) is 1. The fourth-order valence-electron chi connectivity index (χ4n) is 3.97. The van der Waals surface area contributed by atoms with E-state index in [1.807, 2.05) is 29.2 Å². The van der Waals surface area contributed by atoms with Crippen LogP contribution in [-0.2, 0) is 11.0 Å². The summed E-state index contributed by atoms with van der Waals surface area (Å²) >= 11 is 0. The van der Waals surface area contributed by atoms with Crippen LogP contribution in [0.1, 0.15) is 17.6 Å². The first-order valence-corrected chi connectivity index (χ1v) is 10.3. The highest BCUT2D eigenvalue weighted by atomic mass is 19.4. The number of hydrogen-bond donors (Lipinski definition) is 0. The summed E-state index contributed by atoms with van der Waals surface area (Å²) in [4.78, 5) is 24.2. The summed E-state index contributed by atoms with van der Waals surface area (Å²) in [7, 11) is 1.50. The second-order valence-corrected chi connectivity index (χ2v) is 7.66. The van der Waals surface area contributed by atoms with Gasteiger partial charge in [0.15, 0.2) is 18.1 Å². The maximum atomic E-state index is 13.0. The second kappa shape index (κ2) is 9.18. The van der Waals surface area contributed by atoms with Crippen LogP contribution in [-0.4, -0.2) is 64.2 Å². The van der Waals surface area contributed by atoms with Crippen LogP contribution in [0.2, 0.25) is 0 Å². The topological polar surface area (TPSA) is 76.4 Å². The number of rotatable bonds is 6. The van der Waals surface area contributed by atoms with Gasteiger partial charge in [0.1, 0.15) is 0 Å². The molecule has 3 heterocycles. The molecular weight excluding hydrogens is 437 g/mol. The van der Waals surface area contributed by atoms with Crippen LogP contribution in [0, 0.1) is 6.92 Å². The van der Waals surface area contributed by atoms with Crippen molar-refractivity contribution in [3.8, 4) is 17.1 Å². The highest BCUT2D eigenvalue weighted by Gasteiger charge is 2.36. The standard InChI is InChI=1S/C22H23F3N6O2/c1-15-11-19(22(23,24)25)28-31(15)20(14-32)30-9-7-29(8-10-30)18-6-4-3-5-17(18)16-12-26-21(33-2)27-13-16/h3-6,11-14,20H,7-10H2,1-2H3. The van der Waals surface area contributed by atoms with Gasteiger partial charge >= 0.3 is 12.2 Å². The maximum absolute atomic E-state index is 13.0. The molecule has 1 atom stereocenters. The molecule has 0 bridgehead atoms. The minimum absolute atomic E-state index is 0.284. The van der Waals surface area contributed by atoms with Crippen molar-refractivity contribution < 1.29 is 22.7 Å². The van der Waals surface area contributed by atoms with Gasteiger partial charge in [0.25, 0.3) is 0 Å². The van der Waals surface area contributed by atoms with Crippen LogP contribution in [0.25, 0.3) is 11.1 Å². The number of piperazine rings is 1. The number of aromatic nitrogens is 4. The number of para-hydroxylation sites is 1. The van der Waals surface area contributed by atoms with E-state index in [0.717, 1.165) is 27.6 Å². The van der Waals surface area contributed by atoms with E-state index in [-0.39, 0.29) is 11.7 Å². The predicted molar refractivity (Wildman–Crippen MR) is 115 cm³/mol. The average molecular weight is 460 g/mol. The summed E-state index contributed by atoms with van der Waals surface area (Å²) in [5.74, 6) is 0. The van der Waals surface area contributed by atoms with Crippen molar-refractivity contribution in [3.63, 3.8) is 0 Å². The molecule has 0 spiro atoms. The molecule has 1 aliphatic rings. The van der Waals surface area contributed by atoms with Crippen molar-refractivity contribution in [2.24, 2.45) is 0 Å². The monoisotopic (exact) mass is 460 g/mol. The molecule has 0 aliphatic carbocycles. The third kappa shape index (κ3) is 4.68. The minimum Gasteiger partial charge on any atom is -0.467 e.